The highest BCUT2D eigenvalue weighted by Gasteiger charge is 2.31. The van der Waals surface area contributed by atoms with Crippen molar-refractivity contribution in [1.82, 2.24) is 14.9 Å². The molecule has 1 amide bonds. The average molecular weight is 314 g/mol. The second-order valence-corrected chi connectivity index (χ2v) is 5.93. The fourth-order valence-corrected chi connectivity index (χ4v) is 2.33. The number of rotatable bonds is 3. The molecule has 116 valence electrons. The maximum absolute atomic E-state index is 12.7. The quantitative estimate of drug-likeness (QED) is 0.914. The van der Waals surface area contributed by atoms with Crippen LogP contribution in [0.1, 0.15) is 43.0 Å². The molecule has 2 rings (SSSR count). The molecule has 0 saturated carbocycles. The minimum absolute atomic E-state index is 0.0890. The standard InChI is InChI=1S/C14H20ClN3O3/c1-8(2)13-16-4-11(15)12(17-13)14(20)18-5-10(6-19)21-7-9(18)3/h4,8-10,19H,5-7H2,1-3H3. The van der Waals surface area contributed by atoms with Crippen molar-refractivity contribution in [3.8, 4) is 0 Å². The van der Waals surface area contributed by atoms with E-state index in [1.165, 1.54) is 6.20 Å². The summed E-state index contributed by atoms with van der Waals surface area (Å²) < 4.78 is 5.44. The van der Waals surface area contributed by atoms with Gasteiger partial charge in [-0.3, -0.25) is 4.79 Å². The molecule has 1 aliphatic rings. The molecule has 0 bridgehead atoms. The topological polar surface area (TPSA) is 75.6 Å². The third-order valence-corrected chi connectivity index (χ3v) is 3.73. The van der Waals surface area contributed by atoms with Gasteiger partial charge in [-0.2, -0.15) is 0 Å². The molecule has 0 aromatic carbocycles. The number of carbonyl (C=O) groups excluding carboxylic acids is 1. The second-order valence-electron chi connectivity index (χ2n) is 5.52. The molecule has 0 radical (unpaired) electrons. The van der Waals surface area contributed by atoms with E-state index >= 15 is 0 Å². The molecule has 1 N–H and O–H groups in total. The summed E-state index contributed by atoms with van der Waals surface area (Å²) in [7, 11) is 0. The van der Waals surface area contributed by atoms with E-state index < -0.39 is 0 Å². The molecule has 1 saturated heterocycles. The monoisotopic (exact) mass is 313 g/mol. The highest BCUT2D eigenvalue weighted by molar-refractivity contribution is 6.33. The molecular weight excluding hydrogens is 294 g/mol. The van der Waals surface area contributed by atoms with E-state index in [2.05, 4.69) is 9.97 Å². The van der Waals surface area contributed by atoms with Crippen molar-refractivity contribution in [2.24, 2.45) is 0 Å². The van der Waals surface area contributed by atoms with Crippen LogP contribution in [0.3, 0.4) is 0 Å². The highest BCUT2D eigenvalue weighted by atomic mass is 35.5. The number of ether oxygens (including phenoxy) is 1. The highest BCUT2D eigenvalue weighted by Crippen LogP contribution is 2.21. The molecular formula is C14H20ClN3O3. The van der Waals surface area contributed by atoms with Gasteiger partial charge in [-0.05, 0) is 6.92 Å². The molecule has 1 aromatic heterocycles. The number of carbonyl (C=O) groups is 1. The lowest BCUT2D eigenvalue weighted by molar-refractivity contribution is -0.0668. The summed E-state index contributed by atoms with van der Waals surface area (Å²) in [6.45, 7) is 6.40. The zero-order chi connectivity index (χ0) is 15.6. The van der Waals surface area contributed by atoms with Gasteiger partial charge in [0, 0.05) is 12.5 Å². The number of hydrogen-bond acceptors (Lipinski definition) is 5. The van der Waals surface area contributed by atoms with Crippen LogP contribution in [-0.2, 0) is 4.74 Å². The van der Waals surface area contributed by atoms with E-state index in [0.717, 1.165) is 0 Å². The largest absolute Gasteiger partial charge is 0.394 e. The van der Waals surface area contributed by atoms with E-state index in [9.17, 15) is 9.90 Å². The molecule has 0 spiro atoms. The van der Waals surface area contributed by atoms with Crippen molar-refractivity contribution in [3.63, 3.8) is 0 Å². The maximum Gasteiger partial charge on any atom is 0.274 e. The lowest BCUT2D eigenvalue weighted by Gasteiger charge is -2.37. The van der Waals surface area contributed by atoms with E-state index in [1.807, 2.05) is 20.8 Å². The molecule has 0 aliphatic carbocycles. The van der Waals surface area contributed by atoms with Crippen LogP contribution >= 0.6 is 11.6 Å². The Kier molecular flexibility index (Phi) is 5.13. The number of aliphatic hydroxyl groups is 1. The van der Waals surface area contributed by atoms with Crippen LogP contribution in [0, 0.1) is 0 Å². The van der Waals surface area contributed by atoms with Crippen LogP contribution < -0.4 is 0 Å². The Morgan fingerprint density at radius 2 is 2.33 bits per heavy atom. The molecule has 1 fully saturated rings. The second kappa shape index (κ2) is 6.68. The number of morpholine rings is 1. The van der Waals surface area contributed by atoms with E-state index in [-0.39, 0.29) is 41.3 Å². The van der Waals surface area contributed by atoms with Crippen LogP contribution in [0.5, 0.6) is 0 Å². The third-order valence-electron chi connectivity index (χ3n) is 3.45. The van der Waals surface area contributed by atoms with Crippen molar-refractivity contribution in [1.29, 1.82) is 0 Å². The fourth-order valence-electron chi connectivity index (χ4n) is 2.16. The fraction of sp³-hybridized carbons (Fsp3) is 0.643. The SMILES string of the molecule is CC(C)c1ncc(Cl)c(C(=O)N2CC(CO)OCC2C)n1. The lowest BCUT2D eigenvalue weighted by atomic mass is 10.1. The first-order valence-electron chi connectivity index (χ1n) is 6.99. The number of nitrogens with zero attached hydrogens (tertiary/aromatic N) is 3. The molecule has 6 nitrogen and oxygen atoms in total. The lowest BCUT2D eigenvalue weighted by Crippen LogP contribution is -2.52. The normalized spacial score (nSPS) is 22.7. The molecule has 1 aliphatic heterocycles. The predicted octanol–water partition coefficient (Wildman–Crippen LogP) is 1.48. The zero-order valence-corrected chi connectivity index (χ0v) is 13.2. The minimum Gasteiger partial charge on any atom is -0.394 e. The van der Waals surface area contributed by atoms with Gasteiger partial charge in [0.1, 0.15) is 5.82 Å². The first-order valence-corrected chi connectivity index (χ1v) is 7.37. The van der Waals surface area contributed by atoms with Gasteiger partial charge in [0.15, 0.2) is 5.69 Å². The number of hydrogen-bond donors (Lipinski definition) is 1. The first kappa shape index (κ1) is 16.1. The van der Waals surface area contributed by atoms with Gasteiger partial charge >= 0.3 is 0 Å². The van der Waals surface area contributed by atoms with Gasteiger partial charge in [-0.25, -0.2) is 9.97 Å². The summed E-state index contributed by atoms with van der Waals surface area (Å²) in [5, 5.41) is 9.44. The summed E-state index contributed by atoms with van der Waals surface area (Å²) in [4.78, 5) is 22.8. The summed E-state index contributed by atoms with van der Waals surface area (Å²) in [5.41, 5.74) is 0.209. The molecule has 2 atom stereocenters. The van der Waals surface area contributed by atoms with Gasteiger partial charge < -0.3 is 14.7 Å². The number of amides is 1. The van der Waals surface area contributed by atoms with Crippen molar-refractivity contribution in [2.75, 3.05) is 19.8 Å². The molecule has 2 heterocycles. The zero-order valence-electron chi connectivity index (χ0n) is 12.4. The van der Waals surface area contributed by atoms with Crippen LogP contribution in [0.4, 0.5) is 0 Å². The number of aliphatic hydroxyl groups excluding tert-OH is 1. The Bertz CT molecular complexity index is 524. The summed E-state index contributed by atoms with van der Waals surface area (Å²) in [6.07, 6.45) is 1.10. The van der Waals surface area contributed by atoms with Crippen molar-refractivity contribution >= 4 is 17.5 Å². The Hall–Kier alpha value is -1.24. The minimum atomic E-state index is -0.365. The third kappa shape index (κ3) is 3.51. The van der Waals surface area contributed by atoms with Gasteiger partial charge in [-0.1, -0.05) is 25.4 Å². The Labute approximate surface area is 129 Å². The van der Waals surface area contributed by atoms with Crippen LogP contribution in [0.15, 0.2) is 6.20 Å². The maximum atomic E-state index is 12.7. The predicted molar refractivity (Wildman–Crippen MR) is 78.5 cm³/mol. The smallest absolute Gasteiger partial charge is 0.274 e. The summed E-state index contributed by atoms with van der Waals surface area (Å²) in [6, 6.07) is -0.0890. The first-order chi connectivity index (χ1) is 9.93. The van der Waals surface area contributed by atoms with Gasteiger partial charge in [0.2, 0.25) is 0 Å². The molecule has 7 heteroatoms. The van der Waals surface area contributed by atoms with Gasteiger partial charge in [0.25, 0.3) is 5.91 Å². The van der Waals surface area contributed by atoms with Crippen LogP contribution in [0.2, 0.25) is 5.02 Å². The van der Waals surface area contributed by atoms with E-state index in [0.29, 0.717) is 19.0 Å². The number of aromatic nitrogens is 2. The van der Waals surface area contributed by atoms with Gasteiger partial charge in [0.05, 0.1) is 36.6 Å². The van der Waals surface area contributed by atoms with E-state index in [1.54, 1.807) is 4.90 Å². The molecule has 2 unspecified atom stereocenters. The van der Waals surface area contributed by atoms with Gasteiger partial charge in [-0.15, -0.1) is 0 Å². The number of halogens is 1. The molecule has 21 heavy (non-hydrogen) atoms. The van der Waals surface area contributed by atoms with E-state index in [4.69, 9.17) is 16.3 Å². The summed E-state index contributed by atoms with van der Waals surface area (Å²) >= 11 is 6.08. The van der Waals surface area contributed by atoms with Crippen molar-refractivity contribution in [3.05, 3.63) is 22.7 Å². The Morgan fingerprint density at radius 3 is 2.95 bits per heavy atom. The van der Waals surface area contributed by atoms with Crippen LogP contribution in [0.25, 0.3) is 0 Å². The molecule has 1 aromatic rings. The Morgan fingerprint density at radius 1 is 1.62 bits per heavy atom. The van der Waals surface area contributed by atoms with Crippen molar-refractivity contribution < 1.29 is 14.6 Å². The Balaban J connectivity index is 2.28. The van der Waals surface area contributed by atoms with Crippen molar-refractivity contribution in [2.45, 2.75) is 38.8 Å². The summed E-state index contributed by atoms with van der Waals surface area (Å²) in [5.74, 6) is 0.446. The van der Waals surface area contributed by atoms with Crippen LogP contribution in [-0.4, -0.2) is 57.8 Å². The average Bonchev–Trinajstić information content (AvgIpc) is 2.47.